The highest BCUT2D eigenvalue weighted by molar-refractivity contribution is 7.13. The van der Waals surface area contributed by atoms with Crippen LogP contribution in [0.5, 0.6) is 0 Å². The van der Waals surface area contributed by atoms with Gasteiger partial charge in [0.2, 0.25) is 5.91 Å². The van der Waals surface area contributed by atoms with Gasteiger partial charge in [-0.15, -0.1) is 11.3 Å². The van der Waals surface area contributed by atoms with E-state index in [1.807, 2.05) is 24.3 Å². The summed E-state index contributed by atoms with van der Waals surface area (Å²) in [5.41, 5.74) is 2.01. The smallest absolute Gasteiger partial charge is 0.227 e. The van der Waals surface area contributed by atoms with Gasteiger partial charge in [0, 0.05) is 28.1 Å². The lowest BCUT2D eigenvalue weighted by Crippen LogP contribution is -2.40. The van der Waals surface area contributed by atoms with E-state index in [-0.39, 0.29) is 11.8 Å². The molecule has 3 rings (SSSR count). The number of nitrogens with one attached hydrogen (secondary N) is 2. The second-order valence-corrected chi connectivity index (χ2v) is 6.54. The van der Waals surface area contributed by atoms with E-state index in [9.17, 15) is 4.79 Å². The number of carbonyl (C=O) groups excluding carboxylic acids is 1. The molecular weight excluding hydrogens is 280 g/mol. The number of amides is 1. The zero-order chi connectivity index (χ0) is 14.7. The topological polar surface area (TPSA) is 41.1 Å². The minimum Gasteiger partial charge on any atom is -0.325 e. The first-order chi connectivity index (χ1) is 10.2. The first-order valence-corrected chi connectivity index (χ1v) is 8.29. The van der Waals surface area contributed by atoms with Gasteiger partial charge in [-0.05, 0) is 43.8 Å². The molecule has 1 aromatic heterocycles. The number of rotatable bonds is 3. The van der Waals surface area contributed by atoms with Gasteiger partial charge < -0.3 is 10.6 Å². The highest BCUT2D eigenvalue weighted by Crippen LogP contribution is 2.32. The van der Waals surface area contributed by atoms with Crippen molar-refractivity contribution in [1.29, 1.82) is 0 Å². The molecule has 110 valence electrons. The van der Waals surface area contributed by atoms with Gasteiger partial charge in [-0.1, -0.05) is 24.3 Å². The summed E-state index contributed by atoms with van der Waals surface area (Å²) >= 11 is 1.69. The number of anilines is 1. The quantitative estimate of drug-likeness (QED) is 0.906. The summed E-state index contributed by atoms with van der Waals surface area (Å²) < 4.78 is 0. The Kier molecular flexibility index (Phi) is 4.36. The van der Waals surface area contributed by atoms with Crippen molar-refractivity contribution in [2.75, 3.05) is 11.9 Å². The van der Waals surface area contributed by atoms with Gasteiger partial charge in [-0.2, -0.15) is 0 Å². The van der Waals surface area contributed by atoms with Crippen LogP contribution in [-0.2, 0) is 4.79 Å². The summed E-state index contributed by atoms with van der Waals surface area (Å²) in [6, 6.07) is 12.6. The maximum atomic E-state index is 12.5. The van der Waals surface area contributed by atoms with Crippen LogP contribution >= 0.6 is 11.3 Å². The molecule has 1 aromatic carbocycles. The summed E-state index contributed by atoms with van der Waals surface area (Å²) in [7, 11) is 0. The molecule has 1 amide bonds. The maximum absolute atomic E-state index is 12.5. The van der Waals surface area contributed by atoms with Gasteiger partial charge in [0.25, 0.3) is 0 Å². The average Bonchev–Trinajstić information content (AvgIpc) is 3.02. The molecule has 0 aliphatic carbocycles. The predicted octanol–water partition coefficient (Wildman–Crippen LogP) is 3.74. The number of hydrogen-bond acceptors (Lipinski definition) is 3. The monoisotopic (exact) mass is 300 g/mol. The van der Waals surface area contributed by atoms with Gasteiger partial charge in [-0.25, -0.2) is 0 Å². The lowest BCUT2D eigenvalue weighted by atomic mass is 9.92. The Hall–Kier alpha value is -1.65. The molecule has 0 radical (unpaired) electrons. The van der Waals surface area contributed by atoms with Crippen molar-refractivity contribution in [2.45, 2.75) is 25.8 Å². The molecule has 0 saturated carbocycles. The van der Waals surface area contributed by atoms with E-state index in [2.05, 4.69) is 35.1 Å². The summed E-state index contributed by atoms with van der Waals surface area (Å²) in [4.78, 5) is 13.7. The van der Waals surface area contributed by atoms with Crippen LogP contribution in [0.3, 0.4) is 0 Å². The van der Waals surface area contributed by atoms with Gasteiger partial charge in [0.05, 0.1) is 0 Å². The zero-order valence-corrected chi connectivity index (χ0v) is 13.0. The molecule has 2 heterocycles. The van der Waals surface area contributed by atoms with E-state index in [1.54, 1.807) is 11.3 Å². The lowest BCUT2D eigenvalue weighted by molar-refractivity contribution is -0.120. The molecule has 1 saturated heterocycles. The van der Waals surface area contributed by atoms with Crippen molar-refractivity contribution in [2.24, 2.45) is 5.92 Å². The molecule has 4 heteroatoms. The largest absolute Gasteiger partial charge is 0.325 e. The van der Waals surface area contributed by atoms with E-state index in [1.165, 1.54) is 4.88 Å². The lowest BCUT2D eigenvalue weighted by Gasteiger charge is -2.27. The molecule has 1 aliphatic heterocycles. The normalized spacial score (nSPS) is 22.0. The molecule has 0 spiro atoms. The second kappa shape index (κ2) is 6.41. The molecule has 1 aliphatic rings. The molecule has 2 N–H and O–H groups in total. The summed E-state index contributed by atoms with van der Waals surface area (Å²) in [5.74, 6) is 0.255. The fourth-order valence-electron chi connectivity index (χ4n) is 2.84. The van der Waals surface area contributed by atoms with Crippen molar-refractivity contribution < 1.29 is 4.79 Å². The first kappa shape index (κ1) is 14.3. The third-order valence-electron chi connectivity index (χ3n) is 3.97. The molecule has 0 bridgehead atoms. The van der Waals surface area contributed by atoms with Crippen molar-refractivity contribution in [3.05, 3.63) is 41.8 Å². The number of thiophene rings is 1. The fraction of sp³-hybridized carbons (Fsp3) is 0.353. The van der Waals surface area contributed by atoms with E-state index in [4.69, 9.17) is 0 Å². The van der Waals surface area contributed by atoms with Crippen LogP contribution < -0.4 is 10.6 Å². The first-order valence-electron chi connectivity index (χ1n) is 7.41. The molecular formula is C17H20N2OS. The van der Waals surface area contributed by atoms with Crippen molar-refractivity contribution in [1.82, 2.24) is 5.32 Å². The Morgan fingerprint density at radius 1 is 1.29 bits per heavy atom. The highest BCUT2D eigenvalue weighted by atomic mass is 32.1. The minimum absolute atomic E-state index is 0.109. The van der Waals surface area contributed by atoms with E-state index >= 15 is 0 Å². The number of piperidine rings is 1. The van der Waals surface area contributed by atoms with Crippen molar-refractivity contribution in [3.63, 3.8) is 0 Å². The van der Waals surface area contributed by atoms with Gasteiger partial charge in [-0.3, -0.25) is 4.79 Å². The third-order valence-corrected chi connectivity index (χ3v) is 4.87. The maximum Gasteiger partial charge on any atom is 0.227 e. The Labute approximate surface area is 129 Å². The average molecular weight is 300 g/mol. The van der Waals surface area contributed by atoms with Crippen LogP contribution in [0.15, 0.2) is 41.8 Å². The fourth-order valence-corrected chi connectivity index (χ4v) is 3.61. The summed E-state index contributed by atoms with van der Waals surface area (Å²) in [6.07, 6.45) is 1.82. The van der Waals surface area contributed by atoms with Gasteiger partial charge >= 0.3 is 0 Å². The Morgan fingerprint density at radius 2 is 2.14 bits per heavy atom. The minimum atomic E-state index is 0.109. The molecule has 3 nitrogen and oxygen atoms in total. The van der Waals surface area contributed by atoms with Crippen LogP contribution in [0.4, 0.5) is 5.69 Å². The molecule has 2 aromatic rings. The molecule has 2 atom stereocenters. The van der Waals surface area contributed by atoms with Crippen LogP contribution in [0.2, 0.25) is 0 Å². The van der Waals surface area contributed by atoms with Crippen LogP contribution in [0, 0.1) is 5.92 Å². The summed E-state index contributed by atoms with van der Waals surface area (Å²) in [5, 5.41) is 8.57. The van der Waals surface area contributed by atoms with E-state index in [0.29, 0.717) is 6.04 Å². The molecule has 1 fully saturated rings. The predicted molar refractivity (Wildman–Crippen MR) is 88.6 cm³/mol. The van der Waals surface area contributed by atoms with Crippen LogP contribution in [-0.4, -0.2) is 18.5 Å². The Bertz CT molecular complexity index is 609. The Morgan fingerprint density at radius 3 is 2.90 bits per heavy atom. The van der Waals surface area contributed by atoms with Gasteiger partial charge in [0.1, 0.15) is 0 Å². The molecule has 21 heavy (non-hydrogen) atoms. The van der Waals surface area contributed by atoms with Crippen molar-refractivity contribution in [3.8, 4) is 10.4 Å². The van der Waals surface area contributed by atoms with Crippen molar-refractivity contribution >= 4 is 22.9 Å². The number of benzene rings is 1. The molecule has 2 unspecified atom stereocenters. The second-order valence-electron chi connectivity index (χ2n) is 5.59. The SMILES string of the molecule is CC1CC(C(=O)Nc2ccccc2-c2cccs2)CCN1. The summed E-state index contributed by atoms with van der Waals surface area (Å²) in [6.45, 7) is 3.06. The van der Waals surface area contributed by atoms with Crippen LogP contribution in [0.25, 0.3) is 10.4 Å². The van der Waals surface area contributed by atoms with Crippen LogP contribution in [0.1, 0.15) is 19.8 Å². The zero-order valence-electron chi connectivity index (χ0n) is 12.1. The number of carbonyl (C=O) groups is 1. The number of hydrogen-bond donors (Lipinski definition) is 2. The standard InChI is InChI=1S/C17H20N2OS/c1-12-11-13(8-9-18-12)17(20)19-15-6-3-2-5-14(15)16-7-4-10-21-16/h2-7,10,12-13,18H,8-9,11H2,1H3,(H,19,20). The van der Waals surface area contributed by atoms with E-state index < -0.39 is 0 Å². The highest BCUT2D eigenvalue weighted by Gasteiger charge is 2.25. The third kappa shape index (κ3) is 3.34. The van der Waals surface area contributed by atoms with Gasteiger partial charge in [0.15, 0.2) is 0 Å². The Balaban J connectivity index is 1.77. The van der Waals surface area contributed by atoms with E-state index in [0.717, 1.165) is 30.6 Å². The number of para-hydroxylation sites is 1.